The summed E-state index contributed by atoms with van der Waals surface area (Å²) in [6.45, 7) is 3.72. The molecule has 1 aliphatic rings. The Morgan fingerprint density at radius 3 is 2.69 bits per heavy atom. The summed E-state index contributed by atoms with van der Waals surface area (Å²) in [7, 11) is 1.85. The number of rotatable bonds is 3. The summed E-state index contributed by atoms with van der Waals surface area (Å²) in [4.78, 5) is 12.7. The first-order valence-electron chi connectivity index (χ1n) is 5.12. The quantitative estimate of drug-likeness (QED) is 0.857. The highest BCUT2D eigenvalue weighted by Gasteiger charge is 2.33. The van der Waals surface area contributed by atoms with E-state index in [0.29, 0.717) is 24.7 Å². The first-order chi connectivity index (χ1) is 7.49. The second-order valence-electron chi connectivity index (χ2n) is 4.20. The lowest BCUT2D eigenvalue weighted by molar-refractivity contribution is -0.147. The van der Waals surface area contributed by atoms with Crippen LogP contribution in [0.25, 0.3) is 0 Å². The molecule has 88 valence electrons. The number of likely N-dealkylation sites (tertiary alicyclic amines) is 1. The molecule has 0 spiro atoms. The van der Waals surface area contributed by atoms with Crippen LogP contribution in [0.5, 0.6) is 0 Å². The molecular formula is C10H14ClN3O2. The third kappa shape index (κ3) is 1.92. The van der Waals surface area contributed by atoms with Crippen molar-refractivity contribution in [2.24, 2.45) is 13.0 Å². The fourth-order valence-corrected chi connectivity index (χ4v) is 2.14. The van der Waals surface area contributed by atoms with Crippen molar-refractivity contribution in [2.45, 2.75) is 13.5 Å². The monoisotopic (exact) mass is 243 g/mol. The lowest BCUT2D eigenvalue weighted by Crippen LogP contribution is -2.49. The van der Waals surface area contributed by atoms with Crippen LogP contribution in [0.1, 0.15) is 11.4 Å². The topological polar surface area (TPSA) is 58.4 Å². The Balaban J connectivity index is 1.99. The summed E-state index contributed by atoms with van der Waals surface area (Å²) in [6, 6.07) is 0. The Morgan fingerprint density at radius 2 is 2.25 bits per heavy atom. The van der Waals surface area contributed by atoms with Gasteiger partial charge in [-0.05, 0) is 6.92 Å². The first kappa shape index (κ1) is 11.4. The maximum Gasteiger partial charge on any atom is 0.309 e. The zero-order valence-electron chi connectivity index (χ0n) is 9.27. The standard InChI is InChI=1S/C10H14ClN3O2/c1-6-9(11)8(13(2)12-6)5-14-3-7(4-14)10(15)16/h7H,3-5H2,1-2H3,(H,15,16). The van der Waals surface area contributed by atoms with Crippen molar-refractivity contribution in [3.05, 3.63) is 16.4 Å². The molecule has 0 aliphatic carbocycles. The Labute approximate surface area is 98.6 Å². The van der Waals surface area contributed by atoms with Crippen molar-refractivity contribution in [3.8, 4) is 0 Å². The largest absolute Gasteiger partial charge is 0.481 e. The Hall–Kier alpha value is -1.07. The van der Waals surface area contributed by atoms with Crippen LogP contribution in [-0.2, 0) is 18.4 Å². The van der Waals surface area contributed by atoms with Gasteiger partial charge in [0.25, 0.3) is 0 Å². The van der Waals surface area contributed by atoms with Crippen molar-refractivity contribution >= 4 is 17.6 Å². The molecule has 2 rings (SSSR count). The molecule has 0 saturated carbocycles. The number of aliphatic carboxylic acids is 1. The molecule has 2 heterocycles. The zero-order chi connectivity index (χ0) is 11.9. The lowest BCUT2D eigenvalue weighted by Gasteiger charge is -2.36. The minimum Gasteiger partial charge on any atom is -0.481 e. The van der Waals surface area contributed by atoms with Gasteiger partial charge in [-0.2, -0.15) is 5.10 Å². The minimum absolute atomic E-state index is 0.229. The van der Waals surface area contributed by atoms with Gasteiger partial charge in [0.2, 0.25) is 0 Å². The molecule has 1 saturated heterocycles. The maximum absolute atomic E-state index is 10.6. The van der Waals surface area contributed by atoms with Crippen molar-refractivity contribution in [1.82, 2.24) is 14.7 Å². The van der Waals surface area contributed by atoms with Crippen LogP contribution in [0.3, 0.4) is 0 Å². The fraction of sp³-hybridized carbons (Fsp3) is 0.600. The summed E-state index contributed by atoms with van der Waals surface area (Å²) in [5, 5.41) is 13.7. The predicted molar refractivity (Wildman–Crippen MR) is 59.4 cm³/mol. The smallest absolute Gasteiger partial charge is 0.309 e. The lowest BCUT2D eigenvalue weighted by atomic mass is 10.0. The van der Waals surface area contributed by atoms with E-state index < -0.39 is 5.97 Å². The Morgan fingerprint density at radius 1 is 1.62 bits per heavy atom. The van der Waals surface area contributed by atoms with Gasteiger partial charge in [0.15, 0.2) is 0 Å². The Kier molecular flexibility index (Phi) is 2.90. The molecule has 0 atom stereocenters. The molecule has 1 N–H and O–H groups in total. The van der Waals surface area contributed by atoms with E-state index in [1.807, 2.05) is 14.0 Å². The van der Waals surface area contributed by atoms with E-state index in [2.05, 4.69) is 10.00 Å². The van der Waals surface area contributed by atoms with Crippen LogP contribution in [0.15, 0.2) is 0 Å². The number of carboxylic acids is 1. The molecule has 0 radical (unpaired) electrons. The number of hydrogen-bond donors (Lipinski definition) is 1. The van der Waals surface area contributed by atoms with Crippen molar-refractivity contribution in [1.29, 1.82) is 0 Å². The van der Waals surface area contributed by atoms with Crippen molar-refractivity contribution in [3.63, 3.8) is 0 Å². The van der Waals surface area contributed by atoms with Gasteiger partial charge in [-0.1, -0.05) is 11.6 Å². The Bertz CT molecular complexity index is 424. The van der Waals surface area contributed by atoms with Crippen LogP contribution in [-0.4, -0.2) is 38.8 Å². The first-order valence-corrected chi connectivity index (χ1v) is 5.50. The highest BCUT2D eigenvalue weighted by Crippen LogP contribution is 2.24. The molecule has 16 heavy (non-hydrogen) atoms. The summed E-state index contributed by atoms with van der Waals surface area (Å²) in [5.41, 5.74) is 1.76. The van der Waals surface area contributed by atoms with Gasteiger partial charge < -0.3 is 5.11 Å². The van der Waals surface area contributed by atoms with Gasteiger partial charge in [0, 0.05) is 26.7 Å². The van der Waals surface area contributed by atoms with E-state index >= 15 is 0 Å². The third-order valence-electron chi connectivity index (χ3n) is 2.94. The third-order valence-corrected chi connectivity index (χ3v) is 3.43. The SMILES string of the molecule is Cc1nn(C)c(CN2CC(C(=O)O)C2)c1Cl. The number of aryl methyl sites for hydroxylation is 2. The molecule has 0 unspecified atom stereocenters. The zero-order valence-corrected chi connectivity index (χ0v) is 10.0. The van der Waals surface area contributed by atoms with E-state index in [9.17, 15) is 4.79 Å². The number of aromatic nitrogens is 2. The second kappa shape index (κ2) is 4.07. The van der Waals surface area contributed by atoms with Gasteiger partial charge in [0.1, 0.15) is 0 Å². The fourth-order valence-electron chi connectivity index (χ4n) is 1.92. The van der Waals surface area contributed by atoms with Gasteiger partial charge >= 0.3 is 5.97 Å². The van der Waals surface area contributed by atoms with E-state index in [1.54, 1.807) is 4.68 Å². The molecule has 0 bridgehead atoms. The molecule has 1 aromatic heterocycles. The van der Waals surface area contributed by atoms with Crippen LogP contribution in [0.2, 0.25) is 5.02 Å². The summed E-state index contributed by atoms with van der Waals surface area (Å²) in [6.07, 6.45) is 0. The number of carbonyl (C=O) groups is 1. The van der Waals surface area contributed by atoms with Gasteiger partial charge in [-0.3, -0.25) is 14.4 Å². The molecule has 1 aliphatic heterocycles. The average molecular weight is 244 g/mol. The van der Waals surface area contributed by atoms with Crippen LogP contribution in [0.4, 0.5) is 0 Å². The summed E-state index contributed by atoms with van der Waals surface area (Å²) < 4.78 is 1.76. The number of carboxylic acid groups (broad SMARTS) is 1. The number of nitrogens with zero attached hydrogens (tertiary/aromatic N) is 3. The van der Waals surface area contributed by atoms with E-state index in [1.165, 1.54) is 0 Å². The predicted octanol–water partition coefficient (Wildman–Crippen LogP) is 0.898. The molecular weight excluding hydrogens is 230 g/mol. The van der Waals surface area contributed by atoms with Crippen LogP contribution in [0, 0.1) is 12.8 Å². The summed E-state index contributed by atoms with van der Waals surface area (Å²) in [5.74, 6) is -0.948. The molecule has 6 heteroatoms. The van der Waals surface area contributed by atoms with E-state index in [4.69, 9.17) is 16.7 Å². The minimum atomic E-state index is -0.719. The van der Waals surface area contributed by atoms with Gasteiger partial charge in [-0.25, -0.2) is 0 Å². The van der Waals surface area contributed by atoms with E-state index in [-0.39, 0.29) is 5.92 Å². The highest BCUT2D eigenvalue weighted by atomic mass is 35.5. The van der Waals surface area contributed by atoms with Gasteiger partial charge in [0.05, 0.1) is 22.3 Å². The van der Waals surface area contributed by atoms with Crippen molar-refractivity contribution < 1.29 is 9.90 Å². The number of halogens is 1. The molecule has 1 aromatic rings. The maximum atomic E-state index is 10.6. The molecule has 0 amide bonds. The molecule has 0 aromatic carbocycles. The number of hydrogen-bond acceptors (Lipinski definition) is 3. The normalized spacial score (nSPS) is 17.4. The second-order valence-corrected chi connectivity index (χ2v) is 4.58. The van der Waals surface area contributed by atoms with Crippen molar-refractivity contribution in [2.75, 3.05) is 13.1 Å². The van der Waals surface area contributed by atoms with Gasteiger partial charge in [-0.15, -0.1) is 0 Å². The van der Waals surface area contributed by atoms with E-state index in [0.717, 1.165) is 11.4 Å². The van der Waals surface area contributed by atoms with Crippen LogP contribution < -0.4 is 0 Å². The molecule has 1 fully saturated rings. The average Bonchev–Trinajstić information content (AvgIpc) is 2.35. The highest BCUT2D eigenvalue weighted by molar-refractivity contribution is 6.31. The molecule has 5 nitrogen and oxygen atoms in total. The summed E-state index contributed by atoms with van der Waals surface area (Å²) >= 11 is 6.11. The van der Waals surface area contributed by atoms with Crippen LogP contribution >= 0.6 is 11.6 Å².